The quantitative estimate of drug-likeness (QED) is 0.223. The van der Waals surface area contributed by atoms with Crippen LogP contribution in [0, 0.1) is 5.82 Å². The minimum absolute atomic E-state index is 0.0377. The van der Waals surface area contributed by atoms with Crippen LogP contribution in [0.25, 0.3) is 11.1 Å². The van der Waals surface area contributed by atoms with Crippen LogP contribution < -0.4 is 0 Å². The molecule has 5 rings (SSSR count). The molecule has 3 aromatic carbocycles. The van der Waals surface area contributed by atoms with Crippen molar-refractivity contribution in [2.24, 2.45) is 5.16 Å². The minimum atomic E-state index is -5.06. The smallest absolute Gasteiger partial charge is 0.363 e. The van der Waals surface area contributed by atoms with Crippen LogP contribution in [0.5, 0.6) is 0 Å². The molecule has 0 aliphatic carbocycles. The van der Waals surface area contributed by atoms with Crippen molar-refractivity contribution in [2.75, 3.05) is 0 Å². The molecule has 12 heteroatoms. The number of amidine groups is 1. The molecule has 0 spiro atoms. The lowest BCUT2D eigenvalue weighted by atomic mass is 9.99. The summed E-state index contributed by atoms with van der Waals surface area (Å²) >= 11 is 6.36. The van der Waals surface area contributed by atoms with Gasteiger partial charge in [0.1, 0.15) is 5.82 Å². The minimum Gasteiger partial charge on any atom is -0.363 e. The lowest BCUT2D eigenvalue weighted by molar-refractivity contribution is -0.143. The normalized spacial score (nSPS) is 15.7. The number of aromatic nitrogens is 1. The molecule has 1 unspecified atom stereocenters. The predicted molar refractivity (Wildman–Crippen MR) is 133 cm³/mol. The van der Waals surface area contributed by atoms with Crippen LogP contribution in [-0.2, 0) is 23.7 Å². The highest BCUT2D eigenvalue weighted by Gasteiger charge is 2.40. The number of halogens is 8. The molecule has 1 aliphatic heterocycles. The number of rotatable bonds is 5. The Hall–Kier alpha value is -4.12. The van der Waals surface area contributed by atoms with E-state index in [2.05, 4.69) is 10.1 Å². The van der Waals surface area contributed by atoms with E-state index in [1.54, 1.807) is 36.4 Å². The molecule has 0 bridgehead atoms. The van der Waals surface area contributed by atoms with Gasteiger partial charge in [0, 0.05) is 29.1 Å². The van der Waals surface area contributed by atoms with E-state index in [0.29, 0.717) is 28.8 Å². The van der Waals surface area contributed by atoms with Gasteiger partial charge in [0.2, 0.25) is 6.23 Å². The van der Waals surface area contributed by atoms with E-state index in [4.69, 9.17) is 16.4 Å². The van der Waals surface area contributed by atoms with Gasteiger partial charge in [-0.1, -0.05) is 47.1 Å². The number of hydrogen-bond donors (Lipinski definition) is 0. The van der Waals surface area contributed by atoms with Gasteiger partial charge in [0.15, 0.2) is 5.84 Å². The first-order valence-electron chi connectivity index (χ1n) is 11.7. The highest BCUT2D eigenvalue weighted by atomic mass is 35.5. The maximum atomic E-state index is 14.7. The van der Waals surface area contributed by atoms with E-state index in [1.807, 2.05) is 0 Å². The topological polar surface area (TPSA) is 37.7 Å². The molecule has 0 saturated carbocycles. The van der Waals surface area contributed by atoms with Gasteiger partial charge in [0.05, 0.1) is 22.7 Å². The van der Waals surface area contributed by atoms with Crippen LogP contribution >= 0.6 is 11.6 Å². The lowest BCUT2D eigenvalue weighted by Crippen LogP contribution is -2.31. The largest absolute Gasteiger partial charge is 0.416 e. The average Bonchev–Trinajstić information content (AvgIpc) is 3.31. The first-order valence-corrected chi connectivity index (χ1v) is 12.0. The summed E-state index contributed by atoms with van der Waals surface area (Å²) in [5.41, 5.74) is -2.06. The Kier molecular flexibility index (Phi) is 7.17. The van der Waals surface area contributed by atoms with E-state index in [1.165, 1.54) is 35.5 Å². The fourth-order valence-corrected chi connectivity index (χ4v) is 4.59. The summed E-state index contributed by atoms with van der Waals surface area (Å²) in [4.78, 5) is 10.9. The molecule has 0 radical (unpaired) electrons. The van der Waals surface area contributed by atoms with Gasteiger partial charge in [-0.3, -0.25) is 4.98 Å². The molecule has 0 N–H and O–H groups in total. The van der Waals surface area contributed by atoms with Crippen LogP contribution in [0.3, 0.4) is 0 Å². The Labute approximate surface area is 228 Å². The maximum Gasteiger partial charge on any atom is 0.416 e. The van der Waals surface area contributed by atoms with Crippen molar-refractivity contribution in [3.8, 4) is 11.1 Å². The summed E-state index contributed by atoms with van der Waals surface area (Å²) in [5, 5.41) is 4.23. The van der Waals surface area contributed by atoms with Crippen molar-refractivity contribution in [1.82, 2.24) is 9.88 Å². The van der Waals surface area contributed by atoms with E-state index in [9.17, 15) is 30.7 Å². The van der Waals surface area contributed by atoms with Crippen molar-refractivity contribution in [1.29, 1.82) is 0 Å². The van der Waals surface area contributed by atoms with E-state index in [0.717, 1.165) is 0 Å². The monoisotopic (exact) mass is 579 g/mol. The zero-order valence-corrected chi connectivity index (χ0v) is 20.9. The van der Waals surface area contributed by atoms with Gasteiger partial charge in [-0.25, -0.2) is 4.39 Å². The Bertz CT molecular complexity index is 1550. The Morgan fingerprint density at radius 2 is 1.43 bits per heavy atom. The molecule has 1 aromatic heterocycles. The lowest BCUT2D eigenvalue weighted by Gasteiger charge is -2.28. The third-order valence-corrected chi connectivity index (χ3v) is 6.54. The summed E-state index contributed by atoms with van der Waals surface area (Å²) in [6.45, 7) is -0.177. The van der Waals surface area contributed by atoms with Crippen LogP contribution in [0.15, 0.2) is 90.3 Å². The number of pyridine rings is 1. The first-order chi connectivity index (χ1) is 18.9. The molecule has 40 heavy (non-hydrogen) atoms. The molecule has 4 nitrogen and oxygen atoms in total. The molecule has 0 amide bonds. The van der Waals surface area contributed by atoms with Crippen molar-refractivity contribution in [3.63, 3.8) is 0 Å². The molecule has 2 heterocycles. The summed E-state index contributed by atoms with van der Waals surface area (Å²) in [7, 11) is 0. The molecule has 0 saturated heterocycles. The fourth-order valence-electron chi connectivity index (χ4n) is 4.37. The van der Waals surface area contributed by atoms with Crippen molar-refractivity contribution < 1.29 is 35.6 Å². The molecular weight excluding hydrogens is 563 g/mol. The highest BCUT2D eigenvalue weighted by molar-refractivity contribution is 6.34. The molecule has 4 aromatic rings. The number of alkyl halides is 6. The zero-order valence-electron chi connectivity index (χ0n) is 20.1. The maximum absolute atomic E-state index is 14.7. The zero-order chi connectivity index (χ0) is 28.7. The number of hydrogen-bond acceptors (Lipinski definition) is 4. The molecule has 1 atom stereocenters. The van der Waals surface area contributed by atoms with Gasteiger partial charge in [-0.2, -0.15) is 26.3 Å². The first kappa shape index (κ1) is 27.4. The molecular formula is C28H17ClF7N3O. The van der Waals surface area contributed by atoms with Gasteiger partial charge >= 0.3 is 12.4 Å². The van der Waals surface area contributed by atoms with Gasteiger partial charge < -0.3 is 9.74 Å². The average molecular weight is 580 g/mol. The Balaban J connectivity index is 1.65. The predicted octanol–water partition coefficient (Wildman–Crippen LogP) is 8.47. The number of nitrogens with zero attached hydrogens (tertiary/aromatic N) is 3. The van der Waals surface area contributed by atoms with Crippen LogP contribution in [-0.4, -0.2) is 15.7 Å². The molecule has 206 valence electrons. The second-order valence-corrected chi connectivity index (χ2v) is 9.24. The Morgan fingerprint density at radius 3 is 2.05 bits per heavy atom. The second-order valence-electron chi connectivity index (χ2n) is 8.83. The van der Waals surface area contributed by atoms with Crippen LogP contribution in [0.2, 0.25) is 5.02 Å². The summed E-state index contributed by atoms with van der Waals surface area (Å²) in [6.07, 6.45) is -8.77. The van der Waals surface area contributed by atoms with Crippen LogP contribution in [0.4, 0.5) is 30.7 Å². The third kappa shape index (κ3) is 5.46. The Morgan fingerprint density at radius 1 is 0.800 bits per heavy atom. The van der Waals surface area contributed by atoms with E-state index in [-0.39, 0.29) is 29.0 Å². The van der Waals surface area contributed by atoms with Gasteiger partial charge in [-0.05, 0) is 53.6 Å². The van der Waals surface area contributed by atoms with Gasteiger partial charge in [0.25, 0.3) is 0 Å². The van der Waals surface area contributed by atoms with Crippen molar-refractivity contribution in [2.45, 2.75) is 25.1 Å². The molecule has 1 aliphatic rings. The van der Waals surface area contributed by atoms with E-state index < -0.39 is 41.1 Å². The summed E-state index contributed by atoms with van der Waals surface area (Å²) < 4.78 is 96.5. The van der Waals surface area contributed by atoms with Crippen molar-refractivity contribution >= 4 is 17.4 Å². The highest BCUT2D eigenvalue weighted by Crippen LogP contribution is 2.41. The van der Waals surface area contributed by atoms with Crippen molar-refractivity contribution in [3.05, 3.63) is 124 Å². The fraction of sp³-hybridized carbons (Fsp3) is 0.143. The van der Waals surface area contributed by atoms with E-state index >= 15 is 0 Å². The second kappa shape index (κ2) is 10.5. The van der Waals surface area contributed by atoms with Gasteiger partial charge in [-0.15, -0.1) is 0 Å². The number of oxime groups is 1. The standard InChI is InChI=1S/C28H17ClF7N3O/c29-23-7-3-1-6-22(23)25-38-40-26(16-11-18(27(31,32)33)13-19(12-16)28(34,35)36)39(25)15-17-14-37-10-9-20(17)21-5-2-4-8-24(21)30/h1-14,26H,15H2. The molecule has 0 fully saturated rings. The summed E-state index contributed by atoms with van der Waals surface area (Å²) in [6, 6.07) is 15.1. The van der Waals surface area contributed by atoms with Crippen LogP contribution in [0.1, 0.15) is 34.0 Å². The third-order valence-electron chi connectivity index (χ3n) is 6.21. The summed E-state index contributed by atoms with van der Waals surface area (Å²) in [5.74, 6) is -0.471. The number of benzene rings is 3. The SMILES string of the molecule is Fc1ccccc1-c1ccncc1CN1C(c2ccccc2Cl)=NOC1c1cc(C(F)(F)F)cc(C(F)(F)F)c1.